The third-order valence-corrected chi connectivity index (χ3v) is 8.41. The van der Waals surface area contributed by atoms with E-state index in [1.807, 2.05) is 13.8 Å². The number of carbonyl (C=O) groups is 1. The first-order valence-corrected chi connectivity index (χ1v) is 12.4. The van der Waals surface area contributed by atoms with Crippen LogP contribution in [-0.2, 0) is 28.9 Å². The summed E-state index contributed by atoms with van der Waals surface area (Å²) in [6.07, 6.45) is -3.03. The lowest BCUT2D eigenvalue weighted by atomic mass is 9.84. The second-order valence-corrected chi connectivity index (χ2v) is 11.2. The summed E-state index contributed by atoms with van der Waals surface area (Å²) in [4.78, 5) is 15.3. The number of ether oxygens (including phenoxy) is 1. The summed E-state index contributed by atoms with van der Waals surface area (Å²) in [7, 11) is 0. The van der Waals surface area contributed by atoms with E-state index in [0.717, 1.165) is 12.1 Å². The van der Waals surface area contributed by atoms with Crippen LogP contribution < -0.4 is 4.74 Å². The fourth-order valence-electron chi connectivity index (χ4n) is 6.56. The molecule has 4 unspecified atom stereocenters. The minimum Gasteiger partial charge on any atom is -0.481 e. The molecule has 0 saturated heterocycles. The van der Waals surface area contributed by atoms with Gasteiger partial charge in [-0.1, -0.05) is 32.0 Å². The summed E-state index contributed by atoms with van der Waals surface area (Å²) in [5, 5.41) is 9.18. The first-order valence-electron chi connectivity index (χ1n) is 12.4. The molecule has 2 aromatic carbocycles. The lowest BCUT2D eigenvalue weighted by molar-refractivity contribution is -0.141. The van der Waals surface area contributed by atoms with Gasteiger partial charge in [-0.15, -0.1) is 0 Å². The quantitative estimate of drug-likeness (QED) is 0.345. The van der Waals surface area contributed by atoms with Crippen LogP contribution >= 0.6 is 0 Å². The Bertz CT molecular complexity index is 1520. The number of pyridine rings is 1. The number of aromatic nitrogens is 1. The number of halogens is 6. The zero-order chi connectivity index (χ0) is 28.1. The van der Waals surface area contributed by atoms with Gasteiger partial charge in [-0.05, 0) is 52.3 Å². The second kappa shape index (κ2) is 8.22. The van der Waals surface area contributed by atoms with E-state index in [9.17, 15) is 31.9 Å². The third kappa shape index (κ3) is 3.90. The zero-order valence-corrected chi connectivity index (χ0v) is 20.8. The van der Waals surface area contributed by atoms with Crippen molar-refractivity contribution in [3.8, 4) is 5.88 Å². The first-order chi connectivity index (χ1) is 18.2. The minimum atomic E-state index is -4.55. The largest absolute Gasteiger partial charge is 0.481 e. The normalized spacial score (nSPS) is 25.5. The number of carboxylic acid groups (broad SMARTS) is 1. The Morgan fingerprint density at radius 1 is 1.08 bits per heavy atom. The molecule has 3 aliphatic carbocycles. The van der Waals surface area contributed by atoms with E-state index in [-0.39, 0.29) is 34.7 Å². The van der Waals surface area contributed by atoms with E-state index in [0.29, 0.717) is 17.5 Å². The van der Waals surface area contributed by atoms with Crippen molar-refractivity contribution in [3.05, 3.63) is 93.4 Å². The van der Waals surface area contributed by atoms with Gasteiger partial charge < -0.3 is 9.84 Å². The summed E-state index contributed by atoms with van der Waals surface area (Å²) in [5.41, 5.74) is -0.173. The smallest absolute Gasteiger partial charge is 0.416 e. The number of fused-ring (bicyclic) bond motifs is 4. The van der Waals surface area contributed by atoms with E-state index < -0.39 is 58.5 Å². The van der Waals surface area contributed by atoms with Gasteiger partial charge in [0.2, 0.25) is 5.88 Å². The first kappa shape index (κ1) is 25.7. The van der Waals surface area contributed by atoms with Crippen molar-refractivity contribution in [2.24, 2.45) is 11.8 Å². The molecule has 3 aromatic rings. The van der Waals surface area contributed by atoms with E-state index in [4.69, 9.17) is 4.74 Å². The minimum absolute atomic E-state index is 0.0591. The molecule has 0 spiro atoms. The topological polar surface area (TPSA) is 59.4 Å². The van der Waals surface area contributed by atoms with Crippen molar-refractivity contribution < 1.29 is 41.0 Å². The van der Waals surface area contributed by atoms with Crippen molar-refractivity contribution in [3.63, 3.8) is 0 Å². The Kier molecular flexibility index (Phi) is 5.42. The zero-order valence-electron chi connectivity index (χ0n) is 20.8. The van der Waals surface area contributed by atoms with Crippen molar-refractivity contribution in [1.29, 1.82) is 0 Å². The molecule has 204 valence electrons. The molecule has 39 heavy (non-hydrogen) atoms. The van der Waals surface area contributed by atoms with E-state index in [1.54, 1.807) is 6.07 Å². The number of rotatable bonds is 5. The van der Waals surface area contributed by atoms with Gasteiger partial charge in [0.1, 0.15) is 12.4 Å². The Hall–Kier alpha value is -3.56. The molecule has 0 radical (unpaired) electrons. The van der Waals surface area contributed by atoms with Crippen LogP contribution in [0.15, 0.2) is 48.7 Å². The molecule has 4 nitrogen and oxygen atoms in total. The molecule has 3 aliphatic rings. The average Bonchev–Trinajstić information content (AvgIpc) is 3.52. The number of alkyl halides is 5. The van der Waals surface area contributed by atoms with Crippen LogP contribution in [0.25, 0.3) is 0 Å². The number of hydrogen-bond acceptors (Lipinski definition) is 3. The van der Waals surface area contributed by atoms with Crippen LogP contribution in [0.5, 0.6) is 5.88 Å². The highest BCUT2D eigenvalue weighted by molar-refractivity contribution is 5.78. The monoisotopic (exact) mass is 547 g/mol. The maximum Gasteiger partial charge on any atom is 0.416 e. The summed E-state index contributed by atoms with van der Waals surface area (Å²) < 4.78 is 91.8. The van der Waals surface area contributed by atoms with Gasteiger partial charge in [0.05, 0.1) is 11.5 Å². The lowest BCUT2D eigenvalue weighted by Crippen LogP contribution is -2.19. The van der Waals surface area contributed by atoms with Crippen LogP contribution in [-0.4, -0.2) is 16.1 Å². The van der Waals surface area contributed by atoms with Gasteiger partial charge in [0, 0.05) is 41.1 Å². The molecule has 4 atom stereocenters. The highest BCUT2D eigenvalue weighted by Crippen LogP contribution is 2.70. The molecular formula is C29H23F6NO3. The predicted octanol–water partition coefficient (Wildman–Crippen LogP) is 7.15. The van der Waals surface area contributed by atoms with Gasteiger partial charge in [-0.25, -0.2) is 18.2 Å². The molecule has 1 N–H and O–H groups in total. The molecule has 1 saturated carbocycles. The Morgan fingerprint density at radius 2 is 1.79 bits per heavy atom. The molecule has 1 heterocycles. The van der Waals surface area contributed by atoms with E-state index in [1.165, 1.54) is 30.5 Å². The molecule has 0 amide bonds. The van der Waals surface area contributed by atoms with Gasteiger partial charge >= 0.3 is 12.1 Å². The van der Waals surface area contributed by atoms with Crippen LogP contribution in [0.2, 0.25) is 0 Å². The van der Waals surface area contributed by atoms with Crippen molar-refractivity contribution >= 4 is 5.97 Å². The van der Waals surface area contributed by atoms with Crippen LogP contribution in [0.1, 0.15) is 71.0 Å². The lowest BCUT2D eigenvalue weighted by Gasteiger charge is -2.21. The summed E-state index contributed by atoms with van der Waals surface area (Å²) in [6.45, 7) is 3.33. The van der Waals surface area contributed by atoms with E-state index in [2.05, 4.69) is 4.98 Å². The Morgan fingerprint density at radius 3 is 2.49 bits per heavy atom. The second-order valence-electron chi connectivity index (χ2n) is 11.2. The number of aliphatic carboxylic acids is 1. The van der Waals surface area contributed by atoms with Crippen LogP contribution in [0.3, 0.4) is 0 Å². The average molecular weight is 547 g/mol. The fraction of sp³-hybridized carbons (Fsp3) is 0.379. The van der Waals surface area contributed by atoms with Crippen molar-refractivity contribution in [1.82, 2.24) is 4.98 Å². The Balaban J connectivity index is 1.30. The molecule has 1 fully saturated rings. The third-order valence-electron chi connectivity index (χ3n) is 8.41. The highest BCUT2D eigenvalue weighted by Gasteiger charge is 2.73. The Labute approximate surface area is 219 Å². The van der Waals surface area contributed by atoms with Gasteiger partial charge in [0.15, 0.2) is 0 Å². The van der Waals surface area contributed by atoms with Crippen molar-refractivity contribution in [2.45, 2.75) is 56.2 Å². The SMILES string of the molecule is CC1(C)CC(c2ccccc2C(F)(F)F)c2cc(COc3cc4c(cn3)C3C(C(=O)O)C3C4(F)F)c(F)cc21. The predicted molar refractivity (Wildman–Crippen MR) is 127 cm³/mol. The van der Waals surface area contributed by atoms with Gasteiger partial charge in [-0.2, -0.15) is 13.2 Å². The molecule has 6 rings (SSSR count). The van der Waals surface area contributed by atoms with Gasteiger partial charge in [-0.3, -0.25) is 4.79 Å². The van der Waals surface area contributed by atoms with Crippen molar-refractivity contribution in [2.75, 3.05) is 0 Å². The van der Waals surface area contributed by atoms with Gasteiger partial charge in [0.25, 0.3) is 5.92 Å². The molecule has 0 aliphatic heterocycles. The standard InChI is InChI=1S/C29H23F6NO3/c1-27(2)10-16(14-5-3-4-6-18(14)29(33,34)35)15-7-13(21(30)8-19(15)27)12-39-22-9-20-17(11-36-22)23-24(26(37)38)25(23)28(20,31)32/h3-9,11,16,23-25H,10,12H2,1-2H3,(H,37,38). The molecular weight excluding hydrogens is 524 g/mol. The highest BCUT2D eigenvalue weighted by atomic mass is 19.4. The summed E-state index contributed by atoms with van der Waals surface area (Å²) in [6, 6.07) is 9.20. The fourth-order valence-corrected chi connectivity index (χ4v) is 6.56. The van der Waals surface area contributed by atoms with Crippen LogP contribution in [0.4, 0.5) is 26.3 Å². The summed E-state index contributed by atoms with van der Waals surface area (Å²) >= 11 is 0. The molecule has 10 heteroatoms. The van der Waals surface area contributed by atoms with Crippen LogP contribution in [0, 0.1) is 17.7 Å². The molecule has 0 bridgehead atoms. The molecule has 1 aromatic heterocycles. The summed E-state index contributed by atoms with van der Waals surface area (Å²) in [5.74, 6) is -9.34. The maximum atomic E-state index is 15.2. The number of hydrogen-bond donors (Lipinski definition) is 1. The maximum absolute atomic E-state index is 15.2. The van der Waals surface area contributed by atoms with E-state index >= 15 is 4.39 Å². The number of carboxylic acids is 1. The number of benzene rings is 2. The number of nitrogens with zero attached hydrogens (tertiary/aromatic N) is 1.